The normalized spacial score (nSPS) is 10.2. The first-order valence-corrected chi connectivity index (χ1v) is 5.40. The Balaban J connectivity index is 2.46. The molecule has 0 fully saturated rings. The quantitative estimate of drug-likeness (QED) is 0.885. The van der Waals surface area contributed by atoms with E-state index >= 15 is 0 Å². The number of halogens is 1. The lowest BCUT2D eigenvalue weighted by atomic mass is 10.2. The van der Waals surface area contributed by atoms with Crippen LogP contribution in [0.3, 0.4) is 0 Å². The Morgan fingerprint density at radius 1 is 1.28 bits per heavy atom. The Hall–Kier alpha value is -2.31. The van der Waals surface area contributed by atoms with E-state index in [9.17, 15) is 4.39 Å². The number of pyridine rings is 1. The minimum Gasteiger partial charge on any atom is -0.464 e. The van der Waals surface area contributed by atoms with E-state index in [0.717, 1.165) is 6.20 Å². The zero-order chi connectivity index (χ0) is 13.0. The van der Waals surface area contributed by atoms with Crippen molar-refractivity contribution in [1.29, 1.82) is 0 Å². The topological polar surface area (TPSA) is 72.8 Å². The van der Waals surface area contributed by atoms with Gasteiger partial charge in [-0.15, -0.1) is 0 Å². The molecular weight excluding hydrogens is 237 g/mol. The number of rotatable bonds is 4. The van der Waals surface area contributed by atoms with Gasteiger partial charge in [-0.1, -0.05) is 0 Å². The molecule has 0 aliphatic carbocycles. The standard InChI is InChI=1S/C11H12FN5O/c1-3-18-11-16-9(15-10(13-2)17-11)7-4-8(12)6-14-5-7/h4-6H,3H2,1-2H3,(H,13,15,16,17). The number of anilines is 1. The van der Waals surface area contributed by atoms with Gasteiger partial charge in [0.2, 0.25) is 5.95 Å². The third-order valence-electron chi connectivity index (χ3n) is 2.08. The van der Waals surface area contributed by atoms with Gasteiger partial charge in [0.25, 0.3) is 0 Å². The maximum absolute atomic E-state index is 13.1. The van der Waals surface area contributed by atoms with Gasteiger partial charge in [-0.25, -0.2) is 4.39 Å². The van der Waals surface area contributed by atoms with Crippen molar-refractivity contribution in [2.45, 2.75) is 6.92 Å². The van der Waals surface area contributed by atoms with E-state index in [2.05, 4.69) is 25.3 Å². The second-order valence-corrected chi connectivity index (χ2v) is 3.34. The summed E-state index contributed by atoms with van der Waals surface area (Å²) >= 11 is 0. The van der Waals surface area contributed by atoms with Crippen molar-refractivity contribution in [2.24, 2.45) is 0 Å². The molecule has 0 aliphatic rings. The molecule has 7 heteroatoms. The molecule has 2 heterocycles. The van der Waals surface area contributed by atoms with Crippen LogP contribution >= 0.6 is 0 Å². The van der Waals surface area contributed by atoms with Gasteiger partial charge in [-0.2, -0.15) is 15.0 Å². The molecule has 0 aromatic carbocycles. The van der Waals surface area contributed by atoms with Crippen molar-refractivity contribution in [3.63, 3.8) is 0 Å². The van der Waals surface area contributed by atoms with Gasteiger partial charge >= 0.3 is 6.01 Å². The smallest absolute Gasteiger partial charge is 0.321 e. The second-order valence-electron chi connectivity index (χ2n) is 3.34. The third kappa shape index (κ3) is 2.68. The van der Waals surface area contributed by atoms with Crippen molar-refractivity contribution in [2.75, 3.05) is 19.0 Å². The Morgan fingerprint density at radius 3 is 2.78 bits per heavy atom. The molecular formula is C11H12FN5O. The molecule has 2 rings (SSSR count). The van der Waals surface area contributed by atoms with Crippen molar-refractivity contribution in [3.05, 3.63) is 24.3 Å². The number of ether oxygens (including phenoxy) is 1. The summed E-state index contributed by atoms with van der Waals surface area (Å²) < 4.78 is 18.3. The third-order valence-corrected chi connectivity index (χ3v) is 2.08. The molecule has 94 valence electrons. The van der Waals surface area contributed by atoms with Crippen molar-refractivity contribution >= 4 is 5.95 Å². The first-order valence-electron chi connectivity index (χ1n) is 5.40. The summed E-state index contributed by atoms with van der Waals surface area (Å²) in [5, 5.41) is 2.79. The van der Waals surface area contributed by atoms with E-state index < -0.39 is 5.82 Å². The van der Waals surface area contributed by atoms with Crippen molar-refractivity contribution in [3.8, 4) is 17.4 Å². The van der Waals surface area contributed by atoms with Gasteiger partial charge in [0.1, 0.15) is 5.82 Å². The van der Waals surface area contributed by atoms with E-state index in [4.69, 9.17) is 4.74 Å². The lowest BCUT2D eigenvalue weighted by Gasteiger charge is -2.06. The summed E-state index contributed by atoms with van der Waals surface area (Å²) in [4.78, 5) is 16.0. The highest BCUT2D eigenvalue weighted by Crippen LogP contribution is 2.18. The van der Waals surface area contributed by atoms with Crippen LogP contribution in [0.2, 0.25) is 0 Å². The van der Waals surface area contributed by atoms with Crippen LogP contribution < -0.4 is 10.1 Å². The molecule has 18 heavy (non-hydrogen) atoms. The number of hydrogen-bond donors (Lipinski definition) is 1. The van der Waals surface area contributed by atoms with Gasteiger partial charge < -0.3 is 10.1 Å². The van der Waals surface area contributed by atoms with E-state index in [1.807, 2.05) is 6.92 Å². The van der Waals surface area contributed by atoms with Crippen molar-refractivity contribution in [1.82, 2.24) is 19.9 Å². The van der Waals surface area contributed by atoms with Gasteiger partial charge in [0.05, 0.1) is 12.8 Å². The zero-order valence-corrected chi connectivity index (χ0v) is 10.0. The molecule has 0 aliphatic heterocycles. The molecule has 1 N–H and O–H groups in total. The Morgan fingerprint density at radius 2 is 2.11 bits per heavy atom. The van der Waals surface area contributed by atoms with Crippen molar-refractivity contribution < 1.29 is 9.13 Å². The maximum atomic E-state index is 13.1. The fourth-order valence-corrected chi connectivity index (χ4v) is 1.33. The molecule has 0 saturated heterocycles. The van der Waals surface area contributed by atoms with E-state index in [1.165, 1.54) is 12.3 Å². The predicted octanol–water partition coefficient (Wildman–Crippen LogP) is 1.51. The Labute approximate surface area is 103 Å². The largest absolute Gasteiger partial charge is 0.464 e. The Kier molecular flexibility index (Phi) is 3.61. The summed E-state index contributed by atoms with van der Waals surface area (Å²) in [5.74, 6) is 0.217. The van der Waals surface area contributed by atoms with Crippen LogP contribution in [0.15, 0.2) is 18.5 Å². The molecule has 0 saturated carbocycles. The van der Waals surface area contributed by atoms with E-state index in [1.54, 1.807) is 7.05 Å². The molecule has 0 bridgehead atoms. The van der Waals surface area contributed by atoms with Crippen LogP contribution in [0.25, 0.3) is 11.4 Å². The van der Waals surface area contributed by atoms with E-state index in [0.29, 0.717) is 23.9 Å². The highest BCUT2D eigenvalue weighted by Gasteiger charge is 2.09. The van der Waals surface area contributed by atoms with Gasteiger partial charge in [-0.05, 0) is 13.0 Å². The van der Waals surface area contributed by atoms with Gasteiger partial charge in [-0.3, -0.25) is 4.98 Å². The monoisotopic (exact) mass is 249 g/mol. The minimum absolute atomic E-state index is 0.191. The predicted molar refractivity (Wildman–Crippen MR) is 63.7 cm³/mol. The molecule has 0 amide bonds. The SMILES string of the molecule is CCOc1nc(NC)nc(-c2cncc(F)c2)n1. The Bertz CT molecular complexity index is 549. The summed E-state index contributed by atoms with van der Waals surface area (Å²) in [5.41, 5.74) is 0.467. The fourth-order valence-electron chi connectivity index (χ4n) is 1.33. The molecule has 0 spiro atoms. The molecule has 0 unspecified atom stereocenters. The average Bonchev–Trinajstić information content (AvgIpc) is 2.39. The second kappa shape index (κ2) is 5.35. The number of hydrogen-bond acceptors (Lipinski definition) is 6. The minimum atomic E-state index is -0.447. The summed E-state index contributed by atoms with van der Waals surface area (Å²) in [7, 11) is 1.68. The maximum Gasteiger partial charge on any atom is 0.321 e. The summed E-state index contributed by atoms with van der Waals surface area (Å²) in [6.45, 7) is 2.26. The molecule has 2 aromatic heterocycles. The molecule has 2 aromatic rings. The molecule has 0 atom stereocenters. The van der Waals surface area contributed by atoms with Crippen LogP contribution in [0, 0.1) is 5.82 Å². The highest BCUT2D eigenvalue weighted by atomic mass is 19.1. The first kappa shape index (κ1) is 12.2. The summed E-state index contributed by atoms with van der Waals surface area (Å²) in [6, 6.07) is 1.49. The zero-order valence-electron chi connectivity index (χ0n) is 10.0. The van der Waals surface area contributed by atoms with Gasteiger partial charge in [0, 0.05) is 18.8 Å². The lowest BCUT2D eigenvalue weighted by molar-refractivity contribution is 0.312. The summed E-state index contributed by atoms with van der Waals surface area (Å²) in [6.07, 6.45) is 2.60. The number of aromatic nitrogens is 4. The van der Waals surface area contributed by atoms with Crippen LogP contribution in [0.4, 0.5) is 10.3 Å². The molecule has 0 radical (unpaired) electrons. The van der Waals surface area contributed by atoms with Crippen LogP contribution in [0.1, 0.15) is 6.92 Å². The highest BCUT2D eigenvalue weighted by molar-refractivity contribution is 5.55. The van der Waals surface area contributed by atoms with E-state index in [-0.39, 0.29) is 6.01 Å². The lowest BCUT2D eigenvalue weighted by Crippen LogP contribution is -2.05. The first-order chi connectivity index (χ1) is 8.72. The van der Waals surface area contributed by atoms with Gasteiger partial charge in [0.15, 0.2) is 5.82 Å². The average molecular weight is 249 g/mol. The number of nitrogens with zero attached hydrogens (tertiary/aromatic N) is 4. The van der Waals surface area contributed by atoms with Crippen LogP contribution in [-0.2, 0) is 0 Å². The number of nitrogens with one attached hydrogen (secondary N) is 1. The molecule has 6 nitrogen and oxygen atoms in total. The van der Waals surface area contributed by atoms with Crippen LogP contribution in [-0.4, -0.2) is 33.6 Å². The van der Waals surface area contributed by atoms with Crippen LogP contribution in [0.5, 0.6) is 6.01 Å². The fraction of sp³-hybridized carbons (Fsp3) is 0.273.